The number of rotatable bonds is 0. The molecule has 0 heteroatoms. The maximum atomic E-state index is 2.89. The van der Waals surface area contributed by atoms with Crippen LogP contribution in [0.5, 0.6) is 0 Å². The van der Waals surface area contributed by atoms with Gasteiger partial charge in [-0.1, -0.05) is 55.3 Å². The molecule has 1 saturated carbocycles. The summed E-state index contributed by atoms with van der Waals surface area (Å²) in [6.45, 7) is 10.3. The van der Waals surface area contributed by atoms with E-state index in [1.165, 1.54) is 0 Å². The minimum Gasteiger partial charge on any atom is -0.0663 e. The summed E-state index contributed by atoms with van der Waals surface area (Å²) in [6, 6.07) is 10.8. The van der Waals surface area contributed by atoms with Crippen LogP contribution in [0.4, 0.5) is 0 Å². The number of hydrogen-bond acceptors (Lipinski definition) is 0. The Kier molecular flexibility index (Phi) is 2.13. The molecule has 0 nitrogen and oxygen atoms in total. The van der Waals surface area contributed by atoms with E-state index >= 15 is 0 Å². The van der Waals surface area contributed by atoms with Crippen LogP contribution in [0, 0.1) is 10.8 Å². The van der Waals surface area contributed by atoms with Gasteiger partial charge in [0.1, 0.15) is 0 Å². The molecule has 7 aliphatic rings. The van der Waals surface area contributed by atoms with Crippen LogP contribution < -0.4 is 5.22 Å². The topological polar surface area (TPSA) is 0 Å². The molecule has 18 rings (SSSR count). The fraction of sp³-hybridized carbons (Fsp3) is 0.234. The molecule has 1 fully saturated rings. The maximum absolute atomic E-state index is 2.89. The first-order chi connectivity index (χ1) is 22.9. The van der Waals surface area contributed by atoms with Crippen molar-refractivity contribution in [2.75, 3.05) is 0 Å². The lowest BCUT2D eigenvalue weighted by atomic mass is 9.20. The van der Waals surface area contributed by atoms with E-state index in [9.17, 15) is 0 Å². The molecule has 11 aromatic rings. The second-order valence-electron chi connectivity index (χ2n) is 18.1. The highest BCUT2D eigenvalue weighted by atomic mass is 14.8. The Morgan fingerprint density at radius 2 is 0.872 bits per heavy atom. The van der Waals surface area contributed by atoms with Gasteiger partial charge in [0.2, 0.25) is 0 Å². The highest BCUT2D eigenvalue weighted by Gasteiger charge is 2.82. The van der Waals surface area contributed by atoms with Gasteiger partial charge in [0.15, 0.2) is 0 Å². The number of hydrogen-bond donors (Lipinski definition) is 0. The van der Waals surface area contributed by atoms with Crippen LogP contribution in [0.15, 0.2) is 35.4 Å². The molecule has 0 radical (unpaired) electrons. The molecule has 212 valence electrons. The SMILES string of the molecule is CC1=C(C)C2(C)C1(C)C1c3cc4c5c3c3c6c7c8c(cc9c8c8c%10c(cc%11c%12c%13c(cc(c%14c5c5c3c7c8c(c%12%10)c5c%13%14)C4)C%11)C9)=CC612. The van der Waals surface area contributed by atoms with Crippen molar-refractivity contribution in [1.29, 1.82) is 0 Å². The van der Waals surface area contributed by atoms with Crippen LogP contribution in [0.1, 0.15) is 78.1 Å². The van der Waals surface area contributed by atoms with Crippen LogP contribution >= 0.6 is 0 Å². The third-order valence-corrected chi connectivity index (χ3v) is 17.9. The normalized spacial score (nSPS) is 30.0. The van der Waals surface area contributed by atoms with Gasteiger partial charge in [-0.15, -0.1) is 0 Å². The number of benzene rings is 6. The van der Waals surface area contributed by atoms with E-state index in [0.29, 0.717) is 5.92 Å². The summed E-state index contributed by atoms with van der Waals surface area (Å²) >= 11 is 0. The third kappa shape index (κ3) is 1.27. The Morgan fingerprint density at radius 3 is 1.47 bits per heavy atom. The molecule has 0 aromatic heterocycles. The van der Waals surface area contributed by atoms with E-state index < -0.39 is 0 Å². The minimum atomic E-state index is 0.0145. The summed E-state index contributed by atoms with van der Waals surface area (Å²) < 4.78 is 0. The summed E-state index contributed by atoms with van der Waals surface area (Å²) in [6.07, 6.45) is 6.19. The van der Waals surface area contributed by atoms with E-state index in [1.54, 1.807) is 169 Å². The van der Waals surface area contributed by atoms with Gasteiger partial charge in [0.25, 0.3) is 0 Å². The van der Waals surface area contributed by atoms with Crippen molar-refractivity contribution < 1.29 is 0 Å². The monoisotopic (exact) mass is 588 g/mol. The summed E-state index contributed by atoms with van der Waals surface area (Å²) in [4.78, 5) is 0. The van der Waals surface area contributed by atoms with E-state index in [0.717, 1.165) is 19.3 Å². The summed E-state index contributed by atoms with van der Waals surface area (Å²) in [5.41, 5.74) is 16.8. The minimum absolute atomic E-state index is 0.0145. The zero-order valence-corrected chi connectivity index (χ0v) is 26.6. The third-order valence-electron chi connectivity index (χ3n) is 17.9. The van der Waals surface area contributed by atoms with Gasteiger partial charge < -0.3 is 0 Å². The van der Waals surface area contributed by atoms with Crippen molar-refractivity contribution in [1.82, 2.24) is 0 Å². The maximum Gasteiger partial charge on any atom is 0.0330 e. The largest absolute Gasteiger partial charge is 0.0663 e. The molecule has 0 N–H and O–H groups in total. The second kappa shape index (κ2) is 4.88. The Labute approximate surface area is 267 Å². The zero-order valence-electron chi connectivity index (χ0n) is 26.6. The van der Waals surface area contributed by atoms with Crippen LogP contribution in [-0.4, -0.2) is 0 Å². The standard InChI is InChI=1S/C47H24/c1-13-14(2)46(4)45(13,3)44-22-11-20-9-18-7-16-5-15-6-17-8-19-10-21-12-47(44,46)43-41-29(21)25(19)33-27(17)31-23(15)24(16)32-28(18)34-26(20)30(22)42(43)40-38(34)36(32)35(31)37(33)39(40)41/h6-7,10-12,44H,5,8-9H2,1-4H3. The van der Waals surface area contributed by atoms with Gasteiger partial charge in [-0.3, -0.25) is 0 Å². The molecule has 4 atom stereocenters. The quantitative estimate of drug-likeness (QED) is 0.122. The lowest BCUT2D eigenvalue weighted by Gasteiger charge is -2.81. The molecule has 4 unspecified atom stereocenters. The number of allylic oxidation sites excluding steroid dienone is 2. The Hall–Kier alpha value is -4.68. The van der Waals surface area contributed by atoms with Gasteiger partial charge in [-0.2, -0.15) is 0 Å². The predicted octanol–water partition coefficient (Wildman–Crippen LogP) is 10.8. The van der Waals surface area contributed by atoms with E-state index in [2.05, 4.69) is 58.0 Å². The van der Waals surface area contributed by atoms with Crippen LogP contribution in [0.2, 0.25) is 0 Å². The van der Waals surface area contributed by atoms with Crippen molar-refractivity contribution in [3.8, 4) is 0 Å². The van der Waals surface area contributed by atoms with Gasteiger partial charge in [0.05, 0.1) is 0 Å². The van der Waals surface area contributed by atoms with Crippen LogP contribution in [0.25, 0.3) is 114 Å². The van der Waals surface area contributed by atoms with Gasteiger partial charge in [-0.05, 0) is 191 Å². The number of fused-ring (bicyclic) bond motifs is 3. The highest BCUT2D eigenvalue weighted by Crippen LogP contribution is 2.89. The first-order valence-electron chi connectivity index (χ1n) is 18.1. The average Bonchev–Trinajstić information content (AvgIpc) is 3.89. The summed E-state index contributed by atoms with van der Waals surface area (Å²) in [5, 5.41) is 34.6. The van der Waals surface area contributed by atoms with Crippen LogP contribution in [0.3, 0.4) is 0 Å². The van der Waals surface area contributed by atoms with Crippen molar-refractivity contribution in [2.45, 2.75) is 58.3 Å². The van der Waals surface area contributed by atoms with E-state index in [-0.39, 0.29) is 16.2 Å². The fourth-order valence-corrected chi connectivity index (χ4v) is 16.6. The molecule has 11 aromatic carbocycles. The molecule has 47 heavy (non-hydrogen) atoms. The zero-order chi connectivity index (χ0) is 29.6. The van der Waals surface area contributed by atoms with Crippen molar-refractivity contribution in [3.05, 3.63) is 85.1 Å². The lowest BCUT2D eigenvalue weighted by Crippen LogP contribution is -2.76. The van der Waals surface area contributed by atoms with Crippen molar-refractivity contribution >= 4 is 114 Å². The highest BCUT2D eigenvalue weighted by molar-refractivity contribution is 6.63. The van der Waals surface area contributed by atoms with Gasteiger partial charge in [-0.25, -0.2) is 0 Å². The van der Waals surface area contributed by atoms with E-state index in [1.807, 2.05) is 0 Å². The summed E-state index contributed by atoms with van der Waals surface area (Å²) in [5.74, 6) is 0.502. The Bertz CT molecular complexity index is 3750. The first-order valence-corrected chi connectivity index (χ1v) is 18.1. The molecular formula is C47H24. The smallest absolute Gasteiger partial charge is 0.0330 e. The average molecular weight is 589 g/mol. The summed E-state index contributed by atoms with van der Waals surface area (Å²) in [7, 11) is 0. The molecular weight excluding hydrogens is 565 g/mol. The molecule has 0 heterocycles. The van der Waals surface area contributed by atoms with Crippen LogP contribution in [-0.2, 0) is 24.7 Å². The molecule has 0 aliphatic heterocycles. The molecule has 0 amide bonds. The predicted molar refractivity (Wildman–Crippen MR) is 196 cm³/mol. The van der Waals surface area contributed by atoms with Crippen molar-refractivity contribution in [3.63, 3.8) is 0 Å². The molecule has 7 aliphatic carbocycles. The molecule has 0 saturated heterocycles. The fourth-order valence-electron chi connectivity index (χ4n) is 16.6. The Morgan fingerprint density at radius 1 is 0.447 bits per heavy atom. The Balaban J connectivity index is 1.34. The molecule has 0 bridgehead atoms. The lowest BCUT2D eigenvalue weighted by molar-refractivity contribution is -0.123. The van der Waals surface area contributed by atoms with Gasteiger partial charge >= 0.3 is 0 Å². The van der Waals surface area contributed by atoms with Crippen molar-refractivity contribution in [2.24, 2.45) is 10.8 Å². The van der Waals surface area contributed by atoms with Gasteiger partial charge in [0, 0.05) is 22.2 Å². The van der Waals surface area contributed by atoms with E-state index in [4.69, 9.17) is 0 Å². The first kappa shape index (κ1) is 20.5. The molecule has 1 spiro atoms. The second-order valence-corrected chi connectivity index (χ2v) is 18.1.